The van der Waals surface area contributed by atoms with E-state index < -0.39 is 0 Å². The van der Waals surface area contributed by atoms with Gasteiger partial charge < -0.3 is 0 Å². The second-order valence-corrected chi connectivity index (χ2v) is 6.47. The van der Waals surface area contributed by atoms with Gasteiger partial charge in [-0.2, -0.15) is 0 Å². The Morgan fingerprint density at radius 1 is 0.600 bits per heavy atom. The van der Waals surface area contributed by atoms with Crippen LogP contribution in [0.25, 0.3) is 33.3 Å². The molecule has 0 radical (unpaired) electrons. The summed E-state index contributed by atoms with van der Waals surface area (Å²) in [5.74, 6) is 0. The summed E-state index contributed by atoms with van der Waals surface area (Å²) in [7, 11) is 0. The molecule has 0 spiro atoms. The topological polar surface area (TPSA) is 25.8 Å². The minimum atomic E-state index is 0.958. The molecule has 25 heavy (non-hydrogen) atoms. The van der Waals surface area contributed by atoms with Crippen molar-refractivity contribution in [2.45, 2.75) is 20.8 Å². The van der Waals surface area contributed by atoms with E-state index in [0.717, 1.165) is 33.9 Å². The van der Waals surface area contributed by atoms with E-state index in [1.165, 1.54) is 16.3 Å². The van der Waals surface area contributed by atoms with Gasteiger partial charge >= 0.3 is 0 Å². The zero-order valence-corrected chi connectivity index (χ0v) is 14.7. The Balaban J connectivity index is 1.86. The fraction of sp³-hybridized carbons (Fsp3) is 0.130. The van der Waals surface area contributed by atoms with Gasteiger partial charge in [0.15, 0.2) is 0 Å². The Morgan fingerprint density at radius 3 is 2.04 bits per heavy atom. The predicted molar refractivity (Wildman–Crippen MR) is 105 cm³/mol. The number of fused-ring (bicyclic) bond motifs is 1. The quantitative estimate of drug-likeness (QED) is 0.459. The second kappa shape index (κ2) is 6.14. The van der Waals surface area contributed by atoms with Crippen LogP contribution in [-0.2, 0) is 0 Å². The molecular weight excluding hydrogens is 304 g/mol. The van der Waals surface area contributed by atoms with Crippen molar-refractivity contribution in [3.8, 4) is 22.5 Å². The fourth-order valence-corrected chi connectivity index (χ4v) is 3.31. The van der Waals surface area contributed by atoms with Crippen molar-refractivity contribution >= 4 is 10.8 Å². The first-order chi connectivity index (χ1) is 12.1. The molecule has 0 N–H and O–H groups in total. The molecule has 4 aromatic rings. The molecule has 0 bridgehead atoms. The molecule has 2 nitrogen and oxygen atoms in total. The third-order valence-electron chi connectivity index (χ3n) is 4.67. The van der Waals surface area contributed by atoms with E-state index >= 15 is 0 Å². The lowest BCUT2D eigenvalue weighted by atomic mass is 10.0. The highest BCUT2D eigenvalue weighted by atomic mass is 14.8. The minimum absolute atomic E-state index is 0.958. The number of aryl methyl sites for hydroxylation is 3. The Bertz CT molecular complexity index is 1080. The van der Waals surface area contributed by atoms with E-state index in [1.807, 2.05) is 13.8 Å². The number of hydrogen-bond donors (Lipinski definition) is 0. The summed E-state index contributed by atoms with van der Waals surface area (Å²) in [5, 5.41) is 2.46. The van der Waals surface area contributed by atoms with Crippen molar-refractivity contribution in [2.24, 2.45) is 0 Å². The van der Waals surface area contributed by atoms with E-state index in [1.54, 1.807) is 0 Å². The van der Waals surface area contributed by atoms with E-state index in [4.69, 9.17) is 9.97 Å². The number of nitrogens with zero attached hydrogens (tertiary/aromatic N) is 2. The van der Waals surface area contributed by atoms with Crippen molar-refractivity contribution in [2.75, 3.05) is 0 Å². The Hall–Kier alpha value is -3.00. The SMILES string of the molecule is Cc1ccccc1-c1nc(C)c(-c2ccc3ccccc3c2)nc1C. The van der Waals surface area contributed by atoms with Gasteiger partial charge in [-0.3, -0.25) is 0 Å². The maximum Gasteiger partial charge on any atom is 0.0920 e. The molecule has 0 aliphatic carbocycles. The molecule has 3 aromatic carbocycles. The van der Waals surface area contributed by atoms with Gasteiger partial charge in [-0.25, -0.2) is 9.97 Å². The molecule has 0 unspecified atom stereocenters. The van der Waals surface area contributed by atoms with Gasteiger partial charge in [-0.05, 0) is 43.2 Å². The van der Waals surface area contributed by atoms with E-state index in [0.29, 0.717) is 0 Å². The molecule has 122 valence electrons. The lowest BCUT2D eigenvalue weighted by molar-refractivity contribution is 1.07. The number of hydrogen-bond acceptors (Lipinski definition) is 2. The van der Waals surface area contributed by atoms with E-state index in [9.17, 15) is 0 Å². The molecule has 0 atom stereocenters. The zero-order chi connectivity index (χ0) is 17.4. The van der Waals surface area contributed by atoms with Gasteiger partial charge in [0.25, 0.3) is 0 Å². The first kappa shape index (κ1) is 15.5. The van der Waals surface area contributed by atoms with Crippen molar-refractivity contribution in [1.29, 1.82) is 0 Å². The van der Waals surface area contributed by atoms with Gasteiger partial charge in [0.2, 0.25) is 0 Å². The summed E-state index contributed by atoms with van der Waals surface area (Å²) in [5.41, 5.74) is 7.34. The molecule has 0 fully saturated rings. The Morgan fingerprint density at radius 2 is 1.24 bits per heavy atom. The standard InChI is InChI=1S/C23H20N2/c1-15-8-4-7-11-21(15)23-17(3)24-22(16(2)25-23)20-13-12-18-9-5-6-10-19(18)14-20/h4-14H,1-3H3. The number of rotatable bonds is 2. The third-order valence-corrected chi connectivity index (χ3v) is 4.67. The van der Waals surface area contributed by atoms with E-state index in [2.05, 4.69) is 73.7 Å². The van der Waals surface area contributed by atoms with Crippen LogP contribution >= 0.6 is 0 Å². The second-order valence-electron chi connectivity index (χ2n) is 6.47. The highest BCUT2D eigenvalue weighted by Gasteiger charge is 2.13. The van der Waals surface area contributed by atoms with Crippen LogP contribution in [-0.4, -0.2) is 9.97 Å². The summed E-state index contributed by atoms with van der Waals surface area (Å²) in [6.07, 6.45) is 0. The van der Waals surface area contributed by atoms with Crippen LogP contribution in [0.1, 0.15) is 17.0 Å². The molecule has 1 aromatic heterocycles. The monoisotopic (exact) mass is 324 g/mol. The normalized spacial score (nSPS) is 11.0. The van der Waals surface area contributed by atoms with Gasteiger partial charge in [0, 0.05) is 11.1 Å². The maximum absolute atomic E-state index is 4.90. The summed E-state index contributed by atoms with van der Waals surface area (Å²) >= 11 is 0. The Labute approximate surface area is 148 Å². The van der Waals surface area contributed by atoms with Gasteiger partial charge in [-0.15, -0.1) is 0 Å². The average molecular weight is 324 g/mol. The highest BCUT2D eigenvalue weighted by molar-refractivity contribution is 5.87. The van der Waals surface area contributed by atoms with Gasteiger partial charge in [0.1, 0.15) is 0 Å². The molecule has 0 saturated heterocycles. The summed E-state index contributed by atoms with van der Waals surface area (Å²) in [6.45, 7) is 6.19. The van der Waals surface area contributed by atoms with Crippen LogP contribution in [0.3, 0.4) is 0 Å². The van der Waals surface area contributed by atoms with Gasteiger partial charge in [0.05, 0.1) is 22.8 Å². The van der Waals surface area contributed by atoms with Crippen LogP contribution in [0.4, 0.5) is 0 Å². The number of aromatic nitrogens is 2. The minimum Gasteiger partial charge on any atom is -0.249 e. The smallest absolute Gasteiger partial charge is 0.0920 e. The number of benzene rings is 3. The molecule has 0 aliphatic rings. The molecule has 4 rings (SSSR count). The molecule has 1 heterocycles. The van der Waals surface area contributed by atoms with Crippen molar-refractivity contribution in [3.63, 3.8) is 0 Å². The first-order valence-electron chi connectivity index (χ1n) is 8.54. The van der Waals surface area contributed by atoms with E-state index in [-0.39, 0.29) is 0 Å². The van der Waals surface area contributed by atoms with Crippen molar-refractivity contribution in [3.05, 3.63) is 83.7 Å². The van der Waals surface area contributed by atoms with Crippen LogP contribution in [0, 0.1) is 20.8 Å². The third kappa shape index (κ3) is 2.80. The molecule has 0 saturated carbocycles. The molecule has 2 heteroatoms. The largest absolute Gasteiger partial charge is 0.249 e. The van der Waals surface area contributed by atoms with Crippen LogP contribution < -0.4 is 0 Å². The fourth-order valence-electron chi connectivity index (χ4n) is 3.31. The van der Waals surface area contributed by atoms with Crippen molar-refractivity contribution in [1.82, 2.24) is 9.97 Å². The summed E-state index contributed by atoms with van der Waals surface area (Å²) < 4.78 is 0. The molecule has 0 aliphatic heterocycles. The lowest BCUT2D eigenvalue weighted by Crippen LogP contribution is -2.00. The summed E-state index contributed by atoms with van der Waals surface area (Å²) in [6, 6.07) is 23.2. The predicted octanol–water partition coefficient (Wildman–Crippen LogP) is 5.89. The van der Waals surface area contributed by atoms with Crippen molar-refractivity contribution < 1.29 is 0 Å². The highest BCUT2D eigenvalue weighted by Crippen LogP contribution is 2.29. The van der Waals surface area contributed by atoms with Crippen LogP contribution in [0.5, 0.6) is 0 Å². The average Bonchev–Trinajstić information content (AvgIpc) is 2.63. The Kier molecular flexibility index (Phi) is 3.81. The zero-order valence-electron chi connectivity index (χ0n) is 14.7. The van der Waals surface area contributed by atoms with Gasteiger partial charge in [-0.1, -0.05) is 60.7 Å². The molecular formula is C23H20N2. The van der Waals surface area contributed by atoms with Crippen LogP contribution in [0.15, 0.2) is 66.7 Å². The summed E-state index contributed by atoms with van der Waals surface area (Å²) in [4.78, 5) is 9.80. The van der Waals surface area contributed by atoms with Crippen LogP contribution in [0.2, 0.25) is 0 Å². The first-order valence-corrected chi connectivity index (χ1v) is 8.54. The molecule has 0 amide bonds. The lowest BCUT2D eigenvalue weighted by Gasteiger charge is -2.13. The maximum atomic E-state index is 4.90.